The highest BCUT2D eigenvalue weighted by atomic mass is 32.1. The van der Waals surface area contributed by atoms with Gasteiger partial charge in [0.1, 0.15) is 6.61 Å². The molecule has 1 aliphatic rings. The van der Waals surface area contributed by atoms with Gasteiger partial charge in [-0.3, -0.25) is 9.69 Å². The molecule has 0 aliphatic carbocycles. The van der Waals surface area contributed by atoms with Crippen molar-refractivity contribution >= 4 is 32.6 Å². The van der Waals surface area contributed by atoms with Gasteiger partial charge in [-0.25, -0.2) is 4.98 Å². The van der Waals surface area contributed by atoms with E-state index < -0.39 is 0 Å². The molecule has 1 fully saturated rings. The maximum absolute atomic E-state index is 12.9. The maximum atomic E-state index is 12.9. The Labute approximate surface area is 168 Å². The fourth-order valence-corrected chi connectivity index (χ4v) is 4.33. The highest BCUT2D eigenvalue weighted by Crippen LogP contribution is 2.29. The first-order valence-corrected chi connectivity index (χ1v) is 10.5. The van der Waals surface area contributed by atoms with E-state index in [1.54, 1.807) is 16.2 Å². The normalized spacial score (nSPS) is 16.5. The van der Waals surface area contributed by atoms with Crippen LogP contribution in [0.1, 0.15) is 18.4 Å². The van der Waals surface area contributed by atoms with Crippen molar-refractivity contribution in [1.29, 1.82) is 0 Å². The number of para-hydroxylation sites is 1. The molecular weight excluding hydrogens is 372 g/mol. The molecule has 1 atom stereocenters. The van der Waals surface area contributed by atoms with Crippen LogP contribution in [0, 0.1) is 0 Å². The molecule has 3 aromatic rings. The predicted molar refractivity (Wildman–Crippen MR) is 112 cm³/mol. The Balaban J connectivity index is 1.45. The molecule has 2 aromatic carbocycles. The van der Waals surface area contributed by atoms with Gasteiger partial charge in [-0.1, -0.05) is 53.8 Å². The van der Waals surface area contributed by atoms with Crippen molar-refractivity contribution < 1.29 is 14.3 Å². The summed E-state index contributed by atoms with van der Waals surface area (Å²) < 4.78 is 12.3. The number of aromatic nitrogens is 1. The van der Waals surface area contributed by atoms with Gasteiger partial charge in [-0.05, 0) is 37.0 Å². The molecule has 6 heteroatoms. The van der Waals surface area contributed by atoms with Gasteiger partial charge in [0.05, 0.1) is 22.9 Å². The molecule has 1 amide bonds. The molecule has 0 saturated carbocycles. The smallest absolute Gasteiger partial charge is 0.254 e. The zero-order valence-corrected chi connectivity index (χ0v) is 16.6. The molecule has 0 N–H and O–H groups in total. The molecule has 5 nitrogen and oxygen atoms in total. The van der Waals surface area contributed by atoms with Crippen LogP contribution in [0.3, 0.4) is 0 Å². The highest BCUT2D eigenvalue weighted by molar-refractivity contribution is 7.22. The Kier molecular flexibility index (Phi) is 6.31. The number of rotatable bonds is 8. The molecule has 0 spiro atoms. The third kappa shape index (κ3) is 4.76. The number of benzene rings is 2. The van der Waals surface area contributed by atoms with E-state index in [1.807, 2.05) is 42.5 Å². The number of amides is 1. The number of carbonyl (C=O) groups excluding carboxylic acids is 1. The molecule has 28 heavy (non-hydrogen) atoms. The van der Waals surface area contributed by atoms with Gasteiger partial charge in [0, 0.05) is 13.2 Å². The van der Waals surface area contributed by atoms with Gasteiger partial charge in [-0.2, -0.15) is 0 Å². The summed E-state index contributed by atoms with van der Waals surface area (Å²) in [5.41, 5.74) is 2.11. The maximum Gasteiger partial charge on any atom is 0.254 e. The lowest BCUT2D eigenvalue weighted by molar-refractivity contribution is -0.124. The number of anilines is 1. The molecule has 0 radical (unpaired) electrons. The third-order valence-electron chi connectivity index (χ3n) is 4.83. The van der Waals surface area contributed by atoms with Crippen molar-refractivity contribution in [2.45, 2.75) is 25.4 Å². The lowest BCUT2D eigenvalue weighted by atomic mass is 10.1. The van der Waals surface area contributed by atoms with Crippen LogP contribution in [0.5, 0.6) is 0 Å². The van der Waals surface area contributed by atoms with E-state index in [-0.39, 0.29) is 18.6 Å². The number of fused-ring (bicyclic) bond motifs is 1. The van der Waals surface area contributed by atoms with Crippen LogP contribution in [-0.4, -0.2) is 43.4 Å². The van der Waals surface area contributed by atoms with Gasteiger partial charge in [0.2, 0.25) is 0 Å². The molecule has 1 saturated heterocycles. The quantitative estimate of drug-likeness (QED) is 0.576. The number of carbonyl (C=O) groups is 1. The SMILES string of the molecule is O=C(COCC1CCCO1)N(CCc1ccccc1)c1nc2ccccc2s1. The summed E-state index contributed by atoms with van der Waals surface area (Å²) in [4.78, 5) is 19.4. The Morgan fingerprint density at radius 3 is 2.79 bits per heavy atom. The molecule has 1 aliphatic heterocycles. The topological polar surface area (TPSA) is 51.7 Å². The molecule has 1 aromatic heterocycles. The summed E-state index contributed by atoms with van der Waals surface area (Å²) in [5.74, 6) is -0.0621. The second kappa shape index (κ2) is 9.28. The number of thiazole rings is 1. The van der Waals surface area contributed by atoms with Crippen LogP contribution in [0.15, 0.2) is 54.6 Å². The molecule has 146 valence electrons. The van der Waals surface area contributed by atoms with Crippen LogP contribution in [-0.2, 0) is 20.7 Å². The predicted octanol–water partition coefficient (Wildman–Crippen LogP) is 4.07. The highest BCUT2D eigenvalue weighted by Gasteiger charge is 2.21. The second-order valence-electron chi connectivity index (χ2n) is 6.90. The van der Waals surface area contributed by atoms with Crippen molar-refractivity contribution in [3.8, 4) is 0 Å². The Morgan fingerprint density at radius 2 is 2.00 bits per heavy atom. The van der Waals surface area contributed by atoms with E-state index in [9.17, 15) is 4.79 Å². The standard InChI is InChI=1S/C22H24N2O3S/c25-21(16-26-15-18-9-6-14-27-18)24(13-12-17-7-2-1-3-8-17)22-23-19-10-4-5-11-20(19)28-22/h1-5,7-8,10-11,18H,6,9,12-16H2. The molecule has 4 rings (SSSR count). The zero-order chi connectivity index (χ0) is 19.2. The zero-order valence-electron chi connectivity index (χ0n) is 15.8. The van der Waals surface area contributed by atoms with E-state index in [1.165, 1.54) is 5.56 Å². The number of nitrogens with zero attached hydrogens (tertiary/aromatic N) is 2. The minimum atomic E-state index is -0.0621. The summed E-state index contributed by atoms with van der Waals surface area (Å²) >= 11 is 1.54. The van der Waals surface area contributed by atoms with Gasteiger partial charge in [0.15, 0.2) is 5.13 Å². The van der Waals surface area contributed by atoms with Gasteiger partial charge < -0.3 is 9.47 Å². The first-order valence-electron chi connectivity index (χ1n) is 9.69. The number of hydrogen-bond acceptors (Lipinski definition) is 5. The summed E-state index contributed by atoms with van der Waals surface area (Å²) in [6, 6.07) is 18.2. The summed E-state index contributed by atoms with van der Waals surface area (Å²) in [6.45, 7) is 1.88. The van der Waals surface area contributed by atoms with Crippen molar-refractivity contribution in [1.82, 2.24) is 4.98 Å². The fourth-order valence-electron chi connectivity index (χ4n) is 3.32. The van der Waals surface area contributed by atoms with Crippen molar-refractivity contribution in [2.24, 2.45) is 0 Å². The van der Waals surface area contributed by atoms with Gasteiger partial charge in [0.25, 0.3) is 5.91 Å². The average molecular weight is 397 g/mol. The van der Waals surface area contributed by atoms with E-state index in [4.69, 9.17) is 9.47 Å². The number of hydrogen-bond donors (Lipinski definition) is 0. The Hall–Kier alpha value is -2.28. The molecular formula is C22H24N2O3S. The average Bonchev–Trinajstić information content (AvgIpc) is 3.38. The largest absolute Gasteiger partial charge is 0.376 e. The van der Waals surface area contributed by atoms with Crippen molar-refractivity contribution in [2.75, 3.05) is 31.3 Å². The monoisotopic (exact) mass is 396 g/mol. The van der Waals surface area contributed by atoms with Crippen LogP contribution in [0.25, 0.3) is 10.2 Å². The second-order valence-corrected chi connectivity index (χ2v) is 7.90. The van der Waals surface area contributed by atoms with Gasteiger partial charge >= 0.3 is 0 Å². The van der Waals surface area contributed by atoms with Crippen molar-refractivity contribution in [3.05, 3.63) is 60.2 Å². The first-order chi connectivity index (χ1) is 13.8. The molecule has 1 unspecified atom stereocenters. The van der Waals surface area contributed by atoms with Crippen LogP contribution >= 0.6 is 11.3 Å². The Morgan fingerprint density at radius 1 is 1.18 bits per heavy atom. The van der Waals surface area contributed by atoms with E-state index in [0.29, 0.717) is 13.2 Å². The summed E-state index contributed by atoms with van der Waals surface area (Å²) in [6.07, 6.45) is 2.96. The molecule has 2 heterocycles. The lowest BCUT2D eigenvalue weighted by Gasteiger charge is -2.20. The lowest BCUT2D eigenvalue weighted by Crippen LogP contribution is -2.36. The van der Waals surface area contributed by atoms with Crippen LogP contribution in [0.4, 0.5) is 5.13 Å². The fraction of sp³-hybridized carbons (Fsp3) is 0.364. The van der Waals surface area contributed by atoms with Crippen LogP contribution in [0.2, 0.25) is 0 Å². The van der Waals surface area contributed by atoms with E-state index in [0.717, 1.165) is 41.2 Å². The summed E-state index contributed by atoms with van der Waals surface area (Å²) in [5, 5.41) is 0.725. The minimum Gasteiger partial charge on any atom is -0.376 e. The summed E-state index contributed by atoms with van der Waals surface area (Å²) in [7, 11) is 0. The van der Waals surface area contributed by atoms with Crippen LogP contribution < -0.4 is 4.90 Å². The number of ether oxygens (including phenoxy) is 2. The van der Waals surface area contributed by atoms with E-state index >= 15 is 0 Å². The van der Waals surface area contributed by atoms with Gasteiger partial charge in [-0.15, -0.1) is 0 Å². The Bertz CT molecular complexity index is 873. The first kappa shape index (κ1) is 19.1. The minimum absolute atomic E-state index is 0.0462. The molecule has 0 bridgehead atoms. The van der Waals surface area contributed by atoms with E-state index in [2.05, 4.69) is 17.1 Å². The van der Waals surface area contributed by atoms with Crippen molar-refractivity contribution in [3.63, 3.8) is 0 Å². The third-order valence-corrected chi connectivity index (χ3v) is 5.89.